The van der Waals surface area contributed by atoms with E-state index in [4.69, 9.17) is 0 Å². The van der Waals surface area contributed by atoms with Crippen molar-refractivity contribution in [1.82, 2.24) is 15.5 Å². The lowest BCUT2D eigenvalue weighted by atomic mass is 10.1. The molecule has 0 bridgehead atoms. The molecule has 0 spiro atoms. The molecule has 2 N–H and O–H groups in total. The predicted molar refractivity (Wildman–Crippen MR) is 84.5 cm³/mol. The summed E-state index contributed by atoms with van der Waals surface area (Å²) in [6, 6.07) is 9.07. The second-order valence-corrected chi connectivity index (χ2v) is 6.07. The van der Waals surface area contributed by atoms with Crippen molar-refractivity contribution in [2.24, 2.45) is 0 Å². The van der Waals surface area contributed by atoms with Gasteiger partial charge in [-0.25, -0.2) is 0 Å². The molecule has 118 valence electrons. The van der Waals surface area contributed by atoms with Gasteiger partial charge in [0.25, 0.3) is 5.91 Å². The van der Waals surface area contributed by atoms with Gasteiger partial charge in [0, 0.05) is 24.7 Å². The Kier molecular flexibility index (Phi) is 4.73. The van der Waals surface area contributed by atoms with Gasteiger partial charge in [-0.15, -0.1) is 0 Å². The summed E-state index contributed by atoms with van der Waals surface area (Å²) in [4.78, 5) is 26.8. The van der Waals surface area contributed by atoms with Gasteiger partial charge in [-0.05, 0) is 44.4 Å². The van der Waals surface area contributed by atoms with Crippen molar-refractivity contribution >= 4 is 11.8 Å². The Balaban J connectivity index is 1.64. The molecule has 0 saturated carbocycles. The zero-order valence-electron chi connectivity index (χ0n) is 12.8. The monoisotopic (exact) mass is 301 g/mol. The van der Waals surface area contributed by atoms with Gasteiger partial charge in [0.05, 0.1) is 0 Å². The Labute approximate surface area is 131 Å². The van der Waals surface area contributed by atoms with Crippen LogP contribution in [0.25, 0.3) is 0 Å². The fourth-order valence-electron chi connectivity index (χ4n) is 3.30. The van der Waals surface area contributed by atoms with E-state index in [9.17, 15) is 9.59 Å². The number of piperidine rings is 1. The third-order valence-corrected chi connectivity index (χ3v) is 4.48. The fourth-order valence-corrected chi connectivity index (χ4v) is 3.30. The van der Waals surface area contributed by atoms with Gasteiger partial charge in [0.15, 0.2) is 0 Å². The number of hydrogen-bond donors (Lipinski definition) is 2. The molecule has 2 heterocycles. The van der Waals surface area contributed by atoms with E-state index >= 15 is 0 Å². The smallest absolute Gasteiger partial charge is 0.254 e. The van der Waals surface area contributed by atoms with Crippen LogP contribution in [-0.2, 0) is 4.79 Å². The van der Waals surface area contributed by atoms with Gasteiger partial charge in [0.1, 0.15) is 6.04 Å². The van der Waals surface area contributed by atoms with Crippen molar-refractivity contribution in [2.45, 2.75) is 37.8 Å². The van der Waals surface area contributed by atoms with Crippen LogP contribution in [0, 0.1) is 0 Å². The number of nitrogens with one attached hydrogen (secondary N) is 2. The number of rotatable bonds is 3. The van der Waals surface area contributed by atoms with E-state index in [2.05, 4.69) is 10.6 Å². The first-order chi connectivity index (χ1) is 10.8. The SMILES string of the molecule is O=C(N[C@H]1CCCNC1)C1CCCN1C(=O)c1ccccc1. The van der Waals surface area contributed by atoms with Crippen molar-refractivity contribution in [2.75, 3.05) is 19.6 Å². The minimum atomic E-state index is -0.324. The van der Waals surface area contributed by atoms with Crippen LogP contribution in [0.2, 0.25) is 0 Å². The zero-order chi connectivity index (χ0) is 15.4. The number of nitrogens with zero attached hydrogens (tertiary/aromatic N) is 1. The second kappa shape index (κ2) is 6.92. The Hall–Kier alpha value is -1.88. The summed E-state index contributed by atoms with van der Waals surface area (Å²) in [6.45, 7) is 2.51. The summed E-state index contributed by atoms with van der Waals surface area (Å²) in [5.41, 5.74) is 0.654. The van der Waals surface area contributed by atoms with Gasteiger partial charge >= 0.3 is 0 Å². The van der Waals surface area contributed by atoms with E-state index in [0.717, 1.165) is 38.8 Å². The molecule has 22 heavy (non-hydrogen) atoms. The van der Waals surface area contributed by atoms with Gasteiger partial charge in [-0.1, -0.05) is 18.2 Å². The van der Waals surface area contributed by atoms with Gasteiger partial charge in [-0.2, -0.15) is 0 Å². The molecule has 2 aliphatic heterocycles. The molecule has 0 radical (unpaired) electrons. The molecule has 1 aromatic rings. The highest BCUT2D eigenvalue weighted by atomic mass is 16.2. The van der Waals surface area contributed by atoms with Crippen LogP contribution in [0.3, 0.4) is 0 Å². The molecule has 3 rings (SSSR count). The van der Waals surface area contributed by atoms with Crippen molar-refractivity contribution in [3.63, 3.8) is 0 Å². The Bertz CT molecular complexity index is 526. The first kappa shape index (κ1) is 15.0. The maximum atomic E-state index is 12.6. The molecule has 2 atom stereocenters. The summed E-state index contributed by atoms with van der Waals surface area (Å²) in [7, 11) is 0. The first-order valence-electron chi connectivity index (χ1n) is 8.13. The van der Waals surface area contributed by atoms with E-state index in [1.165, 1.54) is 0 Å². The van der Waals surface area contributed by atoms with E-state index in [0.29, 0.717) is 12.1 Å². The first-order valence-corrected chi connectivity index (χ1v) is 8.13. The highest BCUT2D eigenvalue weighted by Crippen LogP contribution is 2.20. The van der Waals surface area contributed by atoms with E-state index in [1.807, 2.05) is 18.2 Å². The third-order valence-electron chi connectivity index (χ3n) is 4.48. The van der Waals surface area contributed by atoms with Crippen LogP contribution in [-0.4, -0.2) is 48.4 Å². The van der Waals surface area contributed by atoms with Crippen LogP contribution in [0.1, 0.15) is 36.0 Å². The molecular formula is C17H23N3O2. The minimum absolute atomic E-state index is 0.00418. The summed E-state index contributed by atoms with van der Waals surface area (Å²) in [6.07, 6.45) is 3.74. The van der Waals surface area contributed by atoms with Crippen molar-refractivity contribution in [3.8, 4) is 0 Å². The van der Waals surface area contributed by atoms with Gasteiger partial charge < -0.3 is 15.5 Å². The van der Waals surface area contributed by atoms with E-state index in [1.54, 1.807) is 17.0 Å². The molecule has 5 heteroatoms. The Morgan fingerprint density at radius 2 is 1.95 bits per heavy atom. The van der Waals surface area contributed by atoms with Gasteiger partial charge in [-0.3, -0.25) is 9.59 Å². The molecule has 5 nitrogen and oxygen atoms in total. The quantitative estimate of drug-likeness (QED) is 0.881. The molecule has 0 aliphatic carbocycles. The molecule has 0 aromatic heterocycles. The Morgan fingerprint density at radius 3 is 2.68 bits per heavy atom. The fraction of sp³-hybridized carbons (Fsp3) is 0.529. The Morgan fingerprint density at radius 1 is 1.14 bits per heavy atom. The number of benzene rings is 1. The number of amides is 2. The average Bonchev–Trinajstić information content (AvgIpc) is 3.05. The van der Waals surface area contributed by atoms with Crippen LogP contribution >= 0.6 is 0 Å². The maximum absolute atomic E-state index is 12.6. The van der Waals surface area contributed by atoms with E-state index in [-0.39, 0.29) is 23.9 Å². The van der Waals surface area contributed by atoms with Crippen LogP contribution < -0.4 is 10.6 Å². The molecule has 2 amide bonds. The van der Waals surface area contributed by atoms with Crippen molar-refractivity contribution < 1.29 is 9.59 Å². The maximum Gasteiger partial charge on any atom is 0.254 e. The lowest BCUT2D eigenvalue weighted by Crippen LogP contribution is -2.52. The standard InChI is InChI=1S/C17H23N3O2/c21-16(19-14-8-4-10-18-12-14)15-9-5-11-20(15)17(22)13-6-2-1-3-7-13/h1-3,6-7,14-15,18H,4-5,8-12H2,(H,19,21)/t14-,15?/m0/s1. The van der Waals surface area contributed by atoms with Crippen LogP contribution in [0.4, 0.5) is 0 Å². The number of carbonyl (C=O) groups excluding carboxylic acids is 2. The normalized spacial score (nSPS) is 25.0. The molecule has 1 aromatic carbocycles. The molecule has 2 saturated heterocycles. The largest absolute Gasteiger partial charge is 0.350 e. The summed E-state index contributed by atoms with van der Waals surface area (Å²) >= 11 is 0. The van der Waals surface area contributed by atoms with Crippen LogP contribution in [0.15, 0.2) is 30.3 Å². The van der Waals surface area contributed by atoms with Crippen molar-refractivity contribution in [1.29, 1.82) is 0 Å². The van der Waals surface area contributed by atoms with Crippen molar-refractivity contribution in [3.05, 3.63) is 35.9 Å². The number of hydrogen-bond acceptors (Lipinski definition) is 3. The highest BCUT2D eigenvalue weighted by molar-refractivity contribution is 5.97. The van der Waals surface area contributed by atoms with E-state index < -0.39 is 0 Å². The molecule has 2 aliphatic rings. The average molecular weight is 301 g/mol. The lowest BCUT2D eigenvalue weighted by Gasteiger charge is -2.28. The van der Waals surface area contributed by atoms with Crippen LogP contribution in [0.5, 0.6) is 0 Å². The predicted octanol–water partition coefficient (Wildman–Crippen LogP) is 1.16. The van der Waals surface area contributed by atoms with Gasteiger partial charge in [0.2, 0.25) is 5.91 Å². The molecule has 2 fully saturated rings. The number of likely N-dealkylation sites (tertiary alicyclic amines) is 1. The second-order valence-electron chi connectivity index (χ2n) is 6.07. The lowest BCUT2D eigenvalue weighted by molar-refractivity contribution is -0.125. The summed E-state index contributed by atoms with van der Waals surface area (Å²) in [5, 5.41) is 6.40. The number of carbonyl (C=O) groups is 2. The highest BCUT2D eigenvalue weighted by Gasteiger charge is 2.35. The third kappa shape index (κ3) is 3.30. The zero-order valence-corrected chi connectivity index (χ0v) is 12.8. The minimum Gasteiger partial charge on any atom is -0.350 e. The summed E-state index contributed by atoms with van der Waals surface area (Å²) in [5.74, 6) is -0.0458. The topological polar surface area (TPSA) is 61.4 Å². The molecule has 1 unspecified atom stereocenters. The summed E-state index contributed by atoms with van der Waals surface area (Å²) < 4.78 is 0. The molecular weight excluding hydrogens is 278 g/mol.